The van der Waals surface area contributed by atoms with Gasteiger partial charge in [0.2, 0.25) is 0 Å². The van der Waals surface area contributed by atoms with Gasteiger partial charge in [-0.2, -0.15) is 13.2 Å². The van der Waals surface area contributed by atoms with Crippen LogP contribution in [0.15, 0.2) is 24.3 Å². The van der Waals surface area contributed by atoms with E-state index in [0.717, 1.165) is 11.1 Å². The Bertz CT molecular complexity index is 693. The van der Waals surface area contributed by atoms with Crippen LogP contribution in [0.5, 0.6) is 0 Å². The topological polar surface area (TPSA) is 50.2 Å². The van der Waals surface area contributed by atoms with Crippen LogP contribution in [0.1, 0.15) is 37.4 Å². The van der Waals surface area contributed by atoms with Crippen molar-refractivity contribution in [2.24, 2.45) is 0 Å². The number of rotatable bonds is 2. The molecule has 0 aliphatic heterocycles. The van der Waals surface area contributed by atoms with E-state index in [4.69, 9.17) is 5.11 Å². The summed E-state index contributed by atoms with van der Waals surface area (Å²) in [6.45, 7) is 0. The standard InChI is InChI=1S/C13H8F3NO2S/c14-13(15,16)10-9(12(18)19)20-11(17-10)8-5-6-3-1-2-4-7(6)8/h1-4,8H,5H2,(H,18,19). The first-order valence-corrected chi connectivity index (χ1v) is 6.58. The number of carboxylic acid groups (broad SMARTS) is 1. The second-order valence-corrected chi connectivity index (χ2v) is 5.52. The number of aromatic carboxylic acids is 1. The Hall–Kier alpha value is -1.89. The fourth-order valence-corrected chi connectivity index (χ4v) is 3.35. The highest BCUT2D eigenvalue weighted by atomic mass is 32.1. The van der Waals surface area contributed by atoms with Crippen LogP contribution in [-0.2, 0) is 12.6 Å². The molecular formula is C13H8F3NO2S. The number of halogens is 3. The molecule has 0 bridgehead atoms. The molecule has 104 valence electrons. The maximum absolute atomic E-state index is 12.8. The normalized spacial score (nSPS) is 17.4. The molecule has 1 heterocycles. The molecule has 3 nitrogen and oxygen atoms in total. The number of thiazole rings is 1. The van der Waals surface area contributed by atoms with Gasteiger partial charge in [0.1, 0.15) is 9.88 Å². The first kappa shape index (κ1) is 13.1. The zero-order chi connectivity index (χ0) is 14.5. The maximum atomic E-state index is 12.8. The number of aromatic nitrogens is 1. The van der Waals surface area contributed by atoms with Gasteiger partial charge in [0.25, 0.3) is 0 Å². The van der Waals surface area contributed by atoms with E-state index >= 15 is 0 Å². The van der Waals surface area contributed by atoms with Crippen molar-refractivity contribution in [2.45, 2.75) is 18.5 Å². The largest absolute Gasteiger partial charge is 0.477 e. The van der Waals surface area contributed by atoms with E-state index < -0.39 is 22.7 Å². The third-order valence-corrected chi connectivity index (χ3v) is 4.42. The van der Waals surface area contributed by atoms with Crippen molar-refractivity contribution in [3.63, 3.8) is 0 Å². The highest BCUT2D eigenvalue weighted by Gasteiger charge is 2.41. The zero-order valence-corrected chi connectivity index (χ0v) is 10.8. The van der Waals surface area contributed by atoms with Gasteiger partial charge in [-0.1, -0.05) is 24.3 Å². The van der Waals surface area contributed by atoms with E-state index in [1.807, 2.05) is 18.2 Å². The molecule has 0 saturated carbocycles. The second-order valence-electron chi connectivity index (χ2n) is 4.49. The summed E-state index contributed by atoms with van der Waals surface area (Å²) in [5, 5.41) is 9.10. The van der Waals surface area contributed by atoms with E-state index in [0.29, 0.717) is 17.8 Å². The zero-order valence-electron chi connectivity index (χ0n) is 9.94. The maximum Gasteiger partial charge on any atom is 0.435 e. The lowest BCUT2D eigenvalue weighted by molar-refractivity contribution is -0.141. The van der Waals surface area contributed by atoms with Crippen LogP contribution < -0.4 is 0 Å². The van der Waals surface area contributed by atoms with E-state index in [1.165, 1.54) is 0 Å². The molecule has 1 aliphatic carbocycles. The predicted molar refractivity (Wildman–Crippen MR) is 66.1 cm³/mol. The number of hydrogen-bond donors (Lipinski definition) is 1. The number of carbonyl (C=O) groups is 1. The summed E-state index contributed by atoms with van der Waals surface area (Å²) in [4.78, 5) is 13.7. The van der Waals surface area contributed by atoms with Crippen LogP contribution in [0.25, 0.3) is 0 Å². The Morgan fingerprint density at radius 2 is 2.05 bits per heavy atom. The molecule has 7 heteroatoms. The fraction of sp³-hybridized carbons (Fsp3) is 0.231. The molecule has 1 aromatic heterocycles. The van der Waals surface area contributed by atoms with Gasteiger partial charge in [0, 0.05) is 5.92 Å². The van der Waals surface area contributed by atoms with E-state index in [1.54, 1.807) is 6.07 Å². The lowest BCUT2D eigenvalue weighted by atomic mass is 9.78. The van der Waals surface area contributed by atoms with Crippen molar-refractivity contribution in [1.29, 1.82) is 0 Å². The van der Waals surface area contributed by atoms with Crippen molar-refractivity contribution in [3.8, 4) is 0 Å². The Balaban J connectivity index is 2.03. The summed E-state index contributed by atoms with van der Waals surface area (Å²) < 4.78 is 38.4. The number of benzene rings is 1. The summed E-state index contributed by atoms with van der Waals surface area (Å²) in [5.41, 5.74) is 0.694. The third-order valence-electron chi connectivity index (χ3n) is 3.26. The summed E-state index contributed by atoms with van der Waals surface area (Å²) in [6, 6.07) is 7.41. The Morgan fingerprint density at radius 1 is 1.35 bits per heavy atom. The molecule has 2 aromatic rings. The van der Waals surface area contributed by atoms with Crippen LogP contribution in [-0.4, -0.2) is 16.1 Å². The Morgan fingerprint density at radius 3 is 2.60 bits per heavy atom. The molecule has 0 amide bonds. The molecule has 0 fully saturated rings. The first-order valence-electron chi connectivity index (χ1n) is 5.77. The molecule has 20 heavy (non-hydrogen) atoms. The van der Waals surface area contributed by atoms with Gasteiger partial charge in [-0.3, -0.25) is 0 Å². The monoisotopic (exact) mass is 299 g/mol. The first-order chi connectivity index (χ1) is 9.38. The third kappa shape index (κ3) is 1.98. The van der Waals surface area contributed by atoms with Crippen LogP contribution in [0.3, 0.4) is 0 Å². The van der Waals surface area contributed by atoms with E-state index in [2.05, 4.69) is 4.98 Å². The summed E-state index contributed by atoms with van der Waals surface area (Å²) in [7, 11) is 0. The average Bonchev–Trinajstić information content (AvgIpc) is 2.75. The lowest BCUT2D eigenvalue weighted by Crippen LogP contribution is -2.18. The minimum Gasteiger partial charge on any atom is -0.477 e. The molecule has 0 spiro atoms. The molecule has 3 rings (SSSR count). The van der Waals surface area contributed by atoms with Crippen molar-refractivity contribution in [1.82, 2.24) is 4.98 Å². The van der Waals surface area contributed by atoms with Crippen LogP contribution in [0, 0.1) is 0 Å². The number of alkyl halides is 3. The summed E-state index contributed by atoms with van der Waals surface area (Å²) in [5.74, 6) is -1.82. The van der Waals surface area contributed by atoms with Gasteiger partial charge in [0.15, 0.2) is 5.69 Å². The quantitative estimate of drug-likeness (QED) is 0.922. The predicted octanol–water partition coefficient (Wildman–Crippen LogP) is 3.55. The summed E-state index contributed by atoms with van der Waals surface area (Å²) >= 11 is 0.611. The number of fused-ring (bicyclic) bond motifs is 1. The van der Waals surface area contributed by atoms with Gasteiger partial charge >= 0.3 is 12.1 Å². The van der Waals surface area contributed by atoms with Gasteiger partial charge in [-0.05, 0) is 17.5 Å². The molecular weight excluding hydrogens is 291 g/mol. The number of carboxylic acids is 1. The van der Waals surface area contributed by atoms with Crippen molar-refractivity contribution in [3.05, 3.63) is 51.0 Å². The van der Waals surface area contributed by atoms with E-state index in [9.17, 15) is 18.0 Å². The van der Waals surface area contributed by atoms with Gasteiger partial charge in [0.05, 0.1) is 0 Å². The SMILES string of the molecule is O=C(O)c1sc(C2Cc3ccccc32)nc1C(F)(F)F. The van der Waals surface area contributed by atoms with Crippen LogP contribution in [0.2, 0.25) is 0 Å². The molecule has 1 unspecified atom stereocenters. The lowest BCUT2D eigenvalue weighted by Gasteiger charge is -2.28. The van der Waals surface area contributed by atoms with Gasteiger partial charge in [-0.25, -0.2) is 9.78 Å². The number of nitrogens with zero attached hydrogens (tertiary/aromatic N) is 1. The van der Waals surface area contributed by atoms with Crippen molar-refractivity contribution < 1.29 is 23.1 Å². The Labute approximate surface area is 115 Å². The molecule has 1 N–H and O–H groups in total. The fourth-order valence-electron chi connectivity index (χ4n) is 2.30. The molecule has 0 radical (unpaired) electrons. The number of hydrogen-bond acceptors (Lipinski definition) is 3. The van der Waals surface area contributed by atoms with Crippen molar-refractivity contribution in [2.75, 3.05) is 0 Å². The van der Waals surface area contributed by atoms with E-state index in [-0.39, 0.29) is 10.9 Å². The van der Waals surface area contributed by atoms with Crippen molar-refractivity contribution >= 4 is 17.3 Å². The Kier molecular flexibility index (Phi) is 2.82. The smallest absolute Gasteiger partial charge is 0.435 e. The highest BCUT2D eigenvalue weighted by Crippen LogP contribution is 2.44. The molecule has 0 saturated heterocycles. The average molecular weight is 299 g/mol. The molecule has 1 atom stereocenters. The molecule has 1 aromatic carbocycles. The molecule has 1 aliphatic rings. The van der Waals surface area contributed by atoms with Gasteiger partial charge < -0.3 is 5.11 Å². The van der Waals surface area contributed by atoms with Crippen LogP contribution in [0.4, 0.5) is 13.2 Å². The minimum atomic E-state index is -4.74. The minimum absolute atomic E-state index is 0.216. The highest BCUT2D eigenvalue weighted by molar-refractivity contribution is 7.13. The second kappa shape index (κ2) is 4.31. The van der Waals surface area contributed by atoms with Crippen LogP contribution >= 0.6 is 11.3 Å². The van der Waals surface area contributed by atoms with Gasteiger partial charge in [-0.15, -0.1) is 11.3 Å². The summed E-state index contributed by atoms with van der Waals surface area (Å²) in [6.07, 6.45) is -4.15.